The number of carbonyl (C=O) groups is 1. The monoisotopic (exact) mass is 334 g/mol. The van der Waals surface area contributed by atoms with Crippen molar-refractivity contribution in [1.82, 2.24) is 0 Å². The van der Waals surface area contributed by atoms with Gasteiger partial charge in [-0.2, -0.15) is 0 Å². The molecule has 0 aliphatic rings. The third kappa shape index (κ3) is 4.19. The molecule has 0 aliphatic heterocycles. The van der Waals surface area contributed by atoms with E-state index in [0.717, 1.165) is 5.56 Å². The van der Waals surface area contributed by atoms with Gasteiger partial charge in [-0.25, -0.2) is 0 Å². The number of ether oxygens (including phenoxy) is 1. The number of para-hydroxylation sites is 1. The Kier molecular flexibility index (Phi) is 5.35. The van der Waals surface area contributed by atoms with Gasteiger partial charge in [-0.15, -0.1) is 0 Å². The summed E-state index contributed by atoms with van der Waals surface area (Å²) in [5.41, 5.74) is 7.69. The van der Waals surface area contributed by atoms with Crippen LogP contribution in [-0.2, 0) is 4.79 Å². The highest BCUT2D eigenvalue weighted by Gasteiger charge is 2.09. The van der Waals surface area contributed by atoms with Crippen molar-refractivity contribution in [3.05, 3.63) is 58.6 Å². The fourth-order valence-electron chi connectivity index (χ4n) is 1.85. The van der Waals surface area contributed by atoms with Crippen molar-refractivity contribution in [2.45, 2.75) is 6.92 Å². The van der Waals surface area contributed by atoms with E-state index in [1.165, 1.54) is 0 Å². The van der Waals surface area contributed by atoms with Gasteiger partial charge in [-0.05, 0) is 42.8 Å². The lowest BCUT2D eigenvalue weighted by Crippen LogP contribution is -2.22. The Bertz CT molecular complexity index is 719. The Hall–Kier alpha value is -2.11. The third-order valence-electron chi connectivity index (χ3n) is 2.97. The van der Waals surface area contributed by atoms with Crippen LogP contribution < -0.4 is 15.8 Å². The summed E-state index contributed by atoms with van der Waals surface area (Å²) in [6, 6.07) is 12.3. The molecule has 0 spiro atoms. The van der Waals surface area contributed by atoms with E-state index in [-0.39, 0.29) is 17.5 Å². The van der Waals surface area contributed by atoms with E-state index in [1.807, 2.05) is 6.92 Å². The maximum atomic E-state index is 12.0. The fraction of sp³-hybridized carbons (Fsp3) is 0.125. The second-order valence-electron chi connectivity index (χ2n) is 4.66. The van der Waals surface area contributed by atoms with Crippen molar-refractivity contribution in [1.29, 1.82) is 0 Å². The molecular formula is C16H15ClN2O2S. The average molecular weight is 335 g/mol. The van der Waals surface area contributed by atoms with Crippen LogP contribution in [-0.4, -0.2) is 17.5 Å². The molecule has 114 valence electrons. The van der Waals surface area contributed by atoms with Crippen LogP contribution in [0.2, 0.25) is 5.02 Å². The van der Waals surface area contributed by atoms with Gasteiger partial charge in [0, 0.05) is 10.6 Å². The topological polar surface area (TPSA) is 64.3 Å². The zero-order chi connectivity index (χ0) is 16.1. The number of aryl methyl sites for hydroxylation is 1. The quantitative estimate of drug-likeness (QED) is 0.823. The molecule has 0 aliphatic carbocycles. The predicted octanol–water partition coefficient (Wildman–Crippen LogP) is 3.30. The lowest BCUT2D eigenvalue weighted by Gasteiger charge is -2.11. The van der Waals surface area contributed by atoms with Gasteiger partial charge in [0.25, 0.3) is 5.91 Å². The first-order valence-electron chi connectivity index (χ1n) is 6.55. The highest BCUT2D eigenvalue weighted by molar-refractivity contribution is 7.80. The Morgan fingerprint density at radius 1 is 1.32 bits per heavy atom. The molecule has 0 unspecified atom stereocenters. The summed E-state index contributed by atoms with van der Waals surface area (Å²) in [5, 5.41) is 3.39. The zero-order valence-corrected chi connectivity index (χ0v) is 13.5. The summed E-state index contributed by atoms with van der Waals surface area (Å²) < 4.78 is 5.44. The lowest BCUT2D eigenvalue weighted by atomic mass is 10.2. The molecule has 0 saturated carbocycles. The SMILES string of the molecule is Cc1cc(OCC(=O)Nc2ccccc2C(N)=S)ccc1Cl. The normalized spacial score (nSPS) is 10.1. The van der Waals surface area contributed by atoms with E-state index in [2.05, 4.69) is 5.32 Å². The van der Waals surface area contributed by atoms with Crippen molar-refractivity contribution in [2.75, 3.05) is 11.9 Å². The Labute approximate surface area is 139 Å². The number of hydrogen-bond acceptors (Lipinski definition) is 3. The summed E-state index contributed by atoms with van der Waals surface area (Å²) in [6.07, 6.45) is 0. The maximum Gasteiger partial charge on any atom is 0.262 e. The summed E-state index contributed by atoms with van der Waals surface area (Å²) >= 11 is 10.9. The molecule has 0 heterocycles. The van der Waals surface area contributed by atoms with Crippen molar-refractivity contribution < 1.29 is 9.53 Å². The number of anilines is 1. The highest BCUT2D eigenvalue weighted by Crippen LogP contribution is 2.21. The van der Waals surface area contributed by atoms with Gasteiger partial charge in [0.1, 0.15) is 10.7 Å². The molecule has 1 amide bonds. The molecule has 0 radical (unpaired) electrons. The minimum absolute atomic E-state index is 0.118. The minimum atomic E-state index is -0.295. The number of thiocarbonyl (C=S) groups is 1. The van der Waals surface area contributed by atoms with Gasteiger partial charge in [0.05, 0.1) is 5.69 Å². The van der Waals surface area contributed by atoms with Gasteiger partial charge in [-0.1, -0.05) is 36.0 Å². The van der Waals surface area contributed by atoms with E-state index in [4.69, 9.17) is 34.3 Å². The number of rotatable bonds is 5. The van der Waals surface area contributed by atoms with Crippen LogP contribution in [0.25, 0.3) is 0 Å². The van der Waals surface area contributed by atoms with E-state index in [9.17, 15) is 4.79 Å². The van der Waals surface area contributed by atoms with E-state index in [1.54, 1.807) is 42.5 Å². The van der Waals surface area contributed by atoms with Crippen molar-refractivity contribution in [3.8, 4) is 5.75 Å². The molecule has 0 fully saturated rings. The van der Waals surface area contributed by atoms with E-state index < -0.39 is 0 Å². The maximum absolute atomic E-state index is 12.0. The number of hydrogen-bond donors (Lipinski definition) is 2. The standard InChI is InChI=1S/C16H15ClN2O2S/c1-10-8-11(6-7-13(10)17)21-9-15(20)19-14-5-3-2-4-12(14)16(18)22/h2-8H,9H2,1H3,(H2,18,22)(H,19,20). The molecule has 2 aromatic rings. The number of nitrogens with one attached hydrogen (secondary N) is 1. The number of halogens is 1. The Morgan fingerprint density at radius 2 is 2.05 bits per heavy atom. The van der Waals surface area contributed by atoms with Gasteiger partial charge in [0.2, 0.25) is 0 Å². The van der Waals surface area contributed by atoms with E-state index in [0.29, 0.717) is 22.0 Å². The zero-order valence-electron chi connectivity index (χ0n) is 11.9. The molecule has 2 aromatic carbocycles. The molecule has 2 rings (SSSR count). The summed E-state index contributed by atoms with van der Waals surface area (Å²) in [5.74, 6) is 0.288. The molecule has 4 nitrogen and oxygen atoms in total. The summed E-state index contributed by atoms with van der Waals surface area (Å²) in [6.45, 7) is 1.75. The molecule has 0 aromatic heterocycles. The van der Waals surface area contributed by atoms with Crippen LogP contribution >= 0.6 is 23.8 Å². The average Bonchev–Trinajstić information content (AvgIpc) is 2.49. The first-order chi connectivity index (χ1) is 10.5. The summed E-state index contributed by atoms with van der Waals surface area (Å²) in [4.78, 5) is 12.2. The fourth-order valence-corrected chi connectivity index (χ4v) is 2.14. The lowest BCUT2D eigenvalue weighted by molar-refractivity contribution is -0.118. The summed E-state index contributed by atoms with van der Waals surface area (Å²) in [7, 11) is 0. The molecule has 0 bridgehead atoms. The number of benzene rings is 2. The number of carbonyl (C=O) groups excluding carboxylic acids is 1. The van der Waals surface area contributed by atoms with Gasteiger partial charge in [0.15, 0.2) is 6.61 Å². The number of nitrogens with two attached hydrogens (primary N) is 1. The van der Waals surface area contributed by atoms with Crippen LogP contribution in [0.3, 0.4) is 0 Å². The molecular weight excluding hydrogens is 320 g/mol. The van der Waals surface area contributed by atoms with Crippen molar-refractivity contribution >= 4 is 40.4 Å². The van der Waals surface area contributed by atoms with Crippen molar-refractivity contribution in [2.24, 2.45) is 5.73 Å². The molecule has 0 saturated heterocycles. The highest BCUT2D eigenvalue weighted by atomic mass is 35.5. The van der Waals surface area contributed by atoms with Gasteiger partial charge >= 0.3 is 0 Å². The predicted molar refractivity (Wildman–Crippen MR) is 92.6 cm³/mol. The Balaban J connectivity index is 1.99. The second-order valence-corrected chi connectivity index (χ2v) is 5.50. The van der Waals surface area contributed by atoms with Crippen LogP contribution in [0.1, 0.15) is 11.1 Å². The second kappa shape index (κ2) is 7.24. The number of amides is 1. The molecule has 3 N–H and O–H groups in total. The molecule has 22 heavy (non-hydrogen) atoms. The van der Waals surface area contributed by atoms with Crippen molar-refractivity contribution in [3.63, 3.8) is 0 Å². The third-order valence-corrected chi connectivity index (χ3v) is 3.61. The molecule has 0 atom stereocenters. The van der Waals surface area contributed by atoms with Crippen LogP contribution in [0.5, 0.6) is 5.75 Å². The van der Waals surface area contributed by atoms with Crippen LogP contribution in [0.15, 0.2) is 42.5 Å². The smallest absolute Gasteiger partial charge is 0.262 e. The van der Waals surface area contributed by atoms with Gasteiger partial charge in [-0.3, -0.25) is 4.79 Å². The van der Waals surface area contributed by atoms with Gasteiger partial charge < -0.3 is 15.8 Å². The van der Waals surface area contributed by atoms with E-state index >= 15 is 0 Å². The van der Waals surface area contributed by atoms with Crippen LogP contribution in [0, 0.1) is 6.92 Å². The van der Waals surface area contributed by atoms with Crippen LogP contribution in [0.4, 0.5) is 5.69 Å². The Morgan fingerprint density at radius 3 is 2.73 bits per heavy atom. The first kappa shape index (κ1) is 16.3. The first-order valence-corrected chi connectivity index (χ1v) is 7.33. The minimum Gasteiger partial charge on any atom is -0.484 e. The largest absolute Gasteiger partial charge is 0.484 e. The molecule has 6 heteroatoms.